The lowest BCUT2D eigenvalue weighted by molar-refractivity contribution is 0.0526. The molecule has 0 radical (unpaired) electrons. The highest BCUT2D eigenvalue weighted by Crippen LogP contribution is 2.36. The number of benzene rings is 3. The summed E-state index contributed by atoms with van der Waals surface area (Å²) >= 11 is 3.53. The van der Waals surface area contributed by atoms with E-state index >= 15 is 0 Å². The molecule has 0 aliphatic heterocycles. The van der Waals surface area contributed by atoms with Gasteiger partial charge in [-0.15, -0.1) is 0 Å². The van der Waals surface area contributed by atoms with Crippen LogP contribution in [0.3, 0.4) is 0 Å². The first-order chi connectivity index (χ1) is 21.9. The fourth-order valence-electron chi connectivity index (χ4n) is 5.19. The molecule has 9 nitrogen and oxygen atoms in total. The van der Waals surface area contributed by atoms with Gasteiger partial charge in [0.1, 0.15) is 23.1 Å². The van der Waals surface area contributed by atoms with Crippen molar-refractivity contribution in [3.8, 4) is 29.1 Å². The quantitative estimate of drug-likeness (QED) is 0.133. The number of carbonyl (C=O) groups excluding carboxylic acids is 1. The first-order valence-electron chi connectivity index (χ1n) is 14.7. The number of esters is 1. The van der Waals surface area contributed by atoms with E-state index in [1.807, 2.05) is 66.7 Å². The van der Waals surface area contributed by atoms with Gasteiger partial charge >= 0.3 is 5.97 Å². The summed E-state index contributed by atoms with van der Waals surface area (Å²) in [7, 11) is 1.61. The number of rotatable bonds is 12. The molecule has 0 fully saturated rings. The van der Waals surface area contributed by atoms with E-state index in [4.69, 9.17) is 14.2 Å². The Kier molecular flexibility index (Phi) is 10.0. The molecule has 5 aromatic rings. The van der Waals surface area contributed by atoms with E-state index in [0.29, 0.717) is 28.9 Å². The number of pyridine rings is 1. The van der Waals surface area contributed by atoms with Crippen molar-refractivity contribution >= 4 is 44.2 Å². The second-order valence-electron chi connectivity index (χ2n) is 10.1. The zero-order chi connectivity index (χ0) is 31.9. The van der Waals surface area contributed by atoms with Crippen LogP contribution in [0.5, 0.6) is 17.4 Å². The van der Waals surface area contributed by atoms with Crippen LogP contribution in [0.1, 0.15) is 42.4 Å². The second kappa shape index (κ2) is 14.3. The predicted octanol–water partition coefficient (Wildman–Crippen LogP) is 8.22. The average Bonchev–Trinajstić information content (AvgIpc) is 3.37. The minimum atomic E-state index is -0.404. The second-order valence-corrected chi connectivity index (χ2v) is 11.0. The molecule has 3 aromatic carbocycles. The van der Waals surface area contributed by atoms with Gasteiger partial charge in [-0.25, -0.2) is 9.78 Å². The van der Waals surface area contributed by atoms with Crippen LogP contribution in [0.15, 0.2) is 83.5 Å². The van der Waals surface area contributed by atoms with Crippen molar-refractivity contribution in [2.45, 2.75) is 27.3 Å². The molecular formula is C35H34BrN5O4. The summed E-state index contributed by atoms with van der Waals surface area (Å²) in [6, 6.07) is 24.9. The highest BCUT2D eigenvalue weighted by molar-refractivity contribution is 9.10. The SMILES string of the molecule is CCOC(=O)c1c(CN(CC)CC)n(-c2ccc(Br)cc2)c2ccc(Oc3nccc(Nc4ccc(OC)cc4)c3C#N)cc12. The zero-order valence-electron chi connectivity index (χ0n) is 25.6. The van der Waals surface area contributed by atoms with Gasteiger partial charge in [0.15, 0.2) is 0 Å². The van der Waals surface area contributed by atoms with E-state index in [0.717, 1.165) is 45.9 Å². The van der Waals surface area contributed by atoms with E-state index < -0.39 is 5.97 Å². The fourth-order valence-corrected chi connectivity index (χ4v) is 5.45. The Labute approximate surface area is 271 Å². The summed E-state index contributed by atoms with van der Waals surface area (Å²) in [6.45, 7) is 8.42. The number of hydrogen-bond donors (Lipinski definition) is 1. The van der Waals surface area contributed by atoms with Crippen LogP contribution >= 0.6 is 15.9 Å². The topological polar surface area (TPSA) is 102 Å². The molecule has 1 N–H and O–H groups in total. The van der Waals surface area contributed by atoms with Crippen LogP contribution in [0, 0.1) is 11.3 Å². The molecule has 45 heavy (non-hydrogen) atoms. The highest BCUT2D eigenvalue weighted by atomic mass is 79.9. The lowest BCUT2D eigenvalue weighted by atomic mass is 10.1. The number of halogens is 1. The van der Waals surface area contributed by atoms with Crippen molar-refractivity contribution in [1.29, 1.82) is 5.26 Å². The van der Waals surface area contributed by atoms with Crippen LogP contribution in [0.25, 0.3) is 16.6 Å². The molecule has 0 unspecified atom stereocenters. The van der Waals surface area contributed by atoms with E-state index in [1.54, 1.807) is 26.3 Å². The number of anilines is 2. The molecule has 0 aliphatic rings. The van der Waals surface area contributed by atoms with Crippen molar-refractivity contribution < 1.29 is 19.0 Å². The van der Waals surface area contributed by atoms with Crippen molar-refractivity contribution in [3.05, 3.63) is 100 Å². The molecule has 0 saturated carbocycles. The summed E-state index contributed by atoms with van der Waals surface area (Å²) in [5.41, 5.74) is 4.62. The number of nitriles is 1. The maximum atomic E-state index is 13.6. The average molecular weight is 669 g/mol. The third kappa shape index (κ3) is 6.80. The standard InChI is InChI=1S/C35H34BrN5O4/c1-5-40(6-2)22-32-33(35(42)44-7-3)28-20-27(16-17-31(28)41(32)25-12-8-23(36)9-13-25)45-34-29(21-37)30(18-19-38-34)39-24-10-14-26(43-4)15-11-24/h8-20H,5-7,22H2,1-4H3,(H,38,39). The van der Waals surface area contributed by atoms with E-state index in [2.05, 4.69) is 55.6 Å². The largest absolute Gasteiger partial charge is 0.497 e. The number of aromatic nitrogens is 2. The van der Waals surface area contributed by atoms with Crippen LogP contribution in [-0.2, 0) is 11.3 Å². The Morgan fingerprint density at radius 2 is 1.71 bits per heavy atom. The molecule has 0 amide bonds. The summed E-state index contributed by atoms with van der Waals surface area (Å²) in [5, 5.41) is 14.0. The van der Waals surface area contributed by atoms with Gasteiger partial charge in [-0.05, 0) is 92.8 Å². The van der Waals surface area contributed by atoms with Crippen molar-refractivity contribution in [1.82, 2.24) is 14.5 Å². The van der Waals surface area contributed by atoms with Crippen molar-refractivity contribution in [3.63, 3.8) is 0 Å². The van der Waals surface area contributed by atoms with Crippen LogP contribution in [0.2, 0.25) is 0 Å². The lowest BCUT2D eigenvalue weighted by Gasteiger charge is -2.21. The third-order valence-corrected chi connectivity index (χ3v) is 8.01. The van der Waals surface area contributed by atoms with Gasteiger partial charge in [0.25, 0.3) is 0 Å². The van der Waals surface area contributed by atoms with E-state index in [-0.39, 0.29) is 18.1 Å². The molecule has 0 saturated heterocycles. The number of ether oxygens (including phenoxy) is 3. The maximum Gasteiger partial charge on any atom is 0.340 e. The monoisotopic (exact) mass is 667 g/mol. The molecule has 0 spiro atoms. The molecular weight excluding hydrogens is 634 g/mol. The number of methoxy groups -OCH3 is 1. The Morgan fingerprint density at radius 3 is 2.36 bits per heavy atom. The van der Waals surface area contributed by atoms with Crippen molar-refractivity contribution in [2.24, 2.45) is 0 Å². The molecule has 10 heteroatoms. The van der Waals surface area contributed by atoms with E-state index in [9.17, 15) is 10.1 Å². The number of carbonyl (C=O) groups is 1. The Balaban J connectivity index is 1.61. The Hall–Kier alpha value is -4.85. The summed E-state index contributed by atoms with van der Waals surface area (Å²) in [5.74, 6) is 0.899. The molecule has 0 bridgehead atoms. The van der Waals surface area contributed by atoms with Crippen molar-refractivity contribution in [2.75, 3.05) is 32.1 Å². The third-order valence-electron chi connectivity index (χ3n) is 7.48. The van der Waals surface area contributed by atoms with Crippen LogP contribution in [-0.4, -0.2) is 47.2 Å². The molecule has 2 heterocycles. The number of nitrogens with one attached hydrogen (secondary N) is 1. The molecule has 0 atom stereocenters. The van der Waals surface area contributed by atoms with Crippen LogP contribution in [0.4, 0.5) is 11.4 Å². The normalized spacial score (nSPS) is 11.0. The molecule has 0 aliphatic carbocycles. The van der Waals surface area contributed by atoms with Gasteiger partial charge in [0.05, 0.1) is 36.2 Å². The number of fused-ring (bicyclic) bond motifs is 1. The minimum Gasteiger partial charge on any atom is -0.497 e. The molecule has 5 rings (SSSR count). The van der Waals surface area contributed by atoms with Crippen LogP contribution < -0.4 is 14.8 Å². The number of hydrogen-bond acceptors (Lipinski definition) is 8. The fraction of sp³-hybridized carbons (Fsp3) is 0.229. The van der Waals surface area contributed by atoms with Gasteiger partial charge in [0.2, 0.25) is 5.88 Å². The van der Waals surface area contributed by atoms with Gasteiger partial charge in [-0.2, -0.15) is 5.26 Å². The van der Waals surface area contributed by atoms with E-state index in [1.165, 1.54) is 0 Å². The summed E-state index contributed by atoms with van der Waals surface area (Å²) in [4.78, 5) is 20.2. The molecule has 2 aromatic heterocycles. The minimum absolute atomic E-state index is 0.142. The number of nitrogens with zero attached hydrogens (tertiary/aromatic N) is 4. The highest BCUT2D eigenvalue weighted by Gasteiger charge is 2.26. The first kappa shape index (κ1) is 31.6. The van der Waals surface area contributed by atoms with Gasteiger partial charge in [0, 0.05) is 34.0 Å². The maximum absolute atomic E-state index is 13.6. The molecule has 230 valence electrons. The Morgan fingerprint density at radius 1 is 1.00 bits per heavy atom. The van der Waals surface area contributed by atoms with Gasteiger partial charge < -0.3 is 24.1 Å². The lowest BCUT2D eigenvalue weighted by Crippen LogP contribution is -2.25. The summed E-state index contributed by atoms with van der Waals surface area (Å²) in [6.07, 6.45) is 1.58. The summed E-state index contributed by atoms with van der Waals surface area (Å²) < 4.78 is 20.1. The van der Waals surface area contributed by atoms with Gasteiger partial charge in [-0.1, -0.05) is 29.8 Å². The predicted molar refractivity (Wildman–Crippen MR) is 179 cm³/mol. The Bertz CT molecular complexity index is 1840. The zero-order valence-corrected chi connectivity index (χ0v) is 27.2. The first-order valence-corrected chi connectivity index (χ1v) is 15.5. The van der Waals surface area contributed by atoms with Gasteiger partial charge in [-0.3, -0.25) is 4.90 Å². The smallest absolute Gasteiger partial charge is 0.340 e.